The first-order chi connectivity index (χ1) is 12.7. The van der Waals surface area contributed by atoms with Crippen molar-refractivity contribution in [2.75, 3.05) is 33.2 Å². The number of hydrogen-bond acceptors (Lipinski definition) is 4. The number of fused-ring (bicyclic) bond motifs is 1. The molecule has 4 rings (SSSR count). The van der Waals surface area contributed by atoms with Crippen LogP contribution in [0.3, 0.4) is 0 Å². The van der Waals surface area contributed by atoms with Crippen molar-refractivity contribution in [2.45, 2.75) is 25.7 Å². The summed E-state index contributed by atoms with van der Waals surface area (Å²) in [4.78, 5) is 15.1. The van der Waals surface area contributed by atoms with Crippen molar-refractivity contribution in [1.29, 1.82) is 0 Å². The number of likely N-dealkylation sites (tertiary alicyclic amines) is 1. The van der Waals surface area contributed by atoms with E-state index in [0.717, 1.165) is 35.6 Å². The average Bonchev–Trinajstić information content (AvgIpc) is 3.26. The molecule has 0 amide bonds. The van der Waals surface area contributed by atoms with Crippen molar-refractivity contribution >= 4 is 11.0 Å². The lowest BCUT2D eigenvalue weighted by Crippen LogP contribution is -2.37. The van der Waals surface area contributed by atoms with E-state index >= 15 is 0 Å². The minimum Gasteiger partial charge on any atom is -0.337 e. The topological polar surface area (TPSA) is 61.8 Å². The molecule has 2 N–H and O–H groups in total. The fourth-order valence-electron chi connectivity index (χ4n) is 4.02. The quantitative estimate of drug-likeness (QED) is 0.741. The molecule has 2 aromatic heterocycles. The minimum absolute atomic E-state index is 0.646. The summed E-state index contributed by atoms with van der Waals surface area (Å²) in [5.74, 6) is 1.54. The van der Waals surface area contributed by atoms with Crippen LogP contribution in [0.2, 0.25) is 0 Å². The van der Waals surface area contributed by atoms with Gasteiger partial charge in [-0.3, -0.25) is 0 Å². The van der Waals surface area contributed by atoms with Crippen LogP contribution in [0.4, 0.5) is 0 Å². The number of aryl methyl sites for hydroxylation is 2. The molecule has 138 valence electrons. The smallest absolute Gasteiger partial charge is 0.156 e. The van der Waals surface area contributed by atoms with Crippen LogP contribution < -0.4 is 5.32 Å². The molecule has 3 heterocycles. The van der Waals surface area contributed by atoms with Crippen LogP contribution in [0.25, 0.3) is 22.6 Å². The van der Waals surface area contributed by atoms with Gasteiger partial charge in [-0.15, -0.1) is 0 Å². The van der Waals surface area contributed by atoms with Crippen molar-refractivity contribution in [3.8, 4) is 11.5 Å². The first-order valence-electron chi connectivity index (χ1n) is 9.49. The maximum Gasteiger partial charge on any atom is 0.156 e. The molecule has 1 aliphatic heterocycles. The number of aromatic amines is 1. The second kappa shape index (κ2) is 7.21. The lowest BCUT2D eigenvalue weighted by atomic mass is 9.88. The molecule has 26 heavy (non-hydrogen) atoms. The van der Waals surface area contributed by atoms with Gasteiger partial charge in [0.05, 0.1) is 23.6 Å². The van der Waals surface area contributed by atoms with Crippen molar-refractivity contribution in [2.24, 2.45) is 7.05 Å². The summed E-state index contributed by atoms with van der Waals surface area (Å²) in [6.07, 6.45) is 6.13. The molecule has 1 aliphatic rings. The molecule has 3 aromatic rings. The maximum absolute atomic E-state index is 4.82. The molecule has 0 atom stereocenters. The van der Waals surface area contributed by atoms with E-state index in [-0.39, 0.29) is 0 Å². The Hall–Kier alpha value is -2.18. The second-order valence-electron chi connectivity index (χ2n) is 7.43. The molecule has 0 unspecified atom stereocenters. The van der Waals surface area contributed by atoms with Crippen molar-refractivity contribution in [3.05, 3.63) is 35.8 Å². The molecule has 6 heteroatoms. The first-order valence-corrected chi connectivity index (χ1v) is 9.49. The number of benzene rings is 1. The van der Waals surface area contributed by atoms with Gasteiger partial charge in [0.15, 0.2) is 5.82 Å². The highest BCUT2D eigenvalue weighted by atomic mass is 15.1. The van der Waals surface area contributed by atoms with Crippen LogP contribution in [0.1, 0.15) is 29.9 Å². The number of imidazole rings is 2. The Morgan fingerprint density at radius 1 is 1.27 bits per heavy atom. The average molecular weight is 352 g/mol. The number of nitrogens with zero attached hydrogens (tertiary/aromatic N) is 4. The van der Waals surface area contributed by atoms with Gasteiger partial charge in [0.1, 0.15) is 5.69 Å². The molecule has 0 saturated carbocycles. The van der Waals surface area contributed by atoms with Crippen molar-refractivity contribution in [1.82, 2.24) is 29.7 Å². The third-order valence-corrected chi connectivity index (χ3v) is 5.60. The lowest BCUT2D eigenvalue weighted by molar-refractivity contribution is 0.214. The number of likely N-dealkylation sites (N-methyl/N-ethyl adjacent to an activating group) is 1. The van der Waals surface area contributed by atoms with Gasteiger partial charge < -0.3 is 19.8 Å². The molecule has 1 saturated heterocycles. The van der Waals surface area contributed by atoms with Crippen LogP contribution in [-0.4, -0.2) is 57.6 Å². The van der Waals surface area contributed by atoms with Crippen LogP contribution in [0.15, 0.2) is 24.7 Å². The predicted octanol–water partition coefficient (Wildman–Crippen LogP) is 2.67. The summed E-state index contributed by atoms with van der Waals surface area (Å²) in [6, 6.07) is 4.65. The number of nitrogens with one attached hydrogen (secondary N) is 2. The number of aromatic nitrogens is 4. The third kappa shape index (κ3) is 3.27. The summed E-state index contributed by atoms with van der Waals surface area (Å²) in [5.41, 5.74) is 5.91. The molecule has 1 aromatic carbocycles. The zero-order chi connectivity index (χ0) is 18.1. The van der Waals surface area contributed by atoms with E-state index in [1.54, 1.807) is 0 Å². The van der Waals surface area contributed by atoms with E-state index in [1.807, 2.05) is 31.2 Å². The first kappa shape index (κ1) is 17.2. The highest BCUT2D eigenvalue weighted by molar-refractivity contribution is 5.82. The van der Waals surface area contributed by atoms with E-state index < -0.39 is 0 Å². The SMILES string of the molecule is CNCCN1CCC(c2cc(C)c3nc(-c4cncn4C)[nH]c3c2)CC1. The second-order valence-corrected chi connectivity index (χ2v) is 7.43. The van der Waals surface area contributed by atoms with Gasteiger partial charge in [0, 0.05) is 20.1 Å². The van der Waals surface area contributed by atoms with Gasteiger partial charge in [0.25, 0.3) is 0 Å². The normalized spacial score (nSPS) is 16.6. The van der Waals surface area contributed by atoms with Crippen LogP contribution >= 0.6 is 0 Å². The molecular formula is C20H28N6. The zero-order valence-corrected chi connectivity index (χ0v) is 15.9. The fraction of sp³-hybridized carbons (Fsp3) is 0.500. The Balaban J connectivity index is 1.57. The minimum atomic E-state index is 0.646. The fourth-order valence-corrected chi connectivity index (χ4v) is 4.02. The van der Waals surface area contributed by atoms with E-state index in [2.05, 4.69) is 39.2 Å². The van der Waals surface area contributed by atoms with Gasteiger partial charge in [-0.25, -0.2) is 9.97 Å². The highest BCUT2D eigenvalue weighted by Gasteiger charge is 2.21. The molecule has 0 bridgehead atoms. The number of H-pyrrole nitrogens is 1. The largest absolute Gasteiger partial charge is 0.337 e. The van der Waals surface area contributed by atoms with Gasteiger partial charge in [0.2, 0.25) is 0 Å². The monoisotopic (exact) mass is 352 g/mol. The molecule has 1 fully saturated rings. The lowest BCUT2D eigenvalue weighted by Gasteiger charge is -2.32. The summed E-state index contributed by atoms with van der Waals surface area (Å²) in [6.45, 7) is 6.76. The van der Waals surface area contributed by atoms with Crippen LogP contribution in [0.5, 0.6) is 0 Å². The van der Waals surface area contributed by atoms with Crippen LogP contribution in [-0.2, 0) is 7.05 Å². The Bertz CT molecular complexity index is 885. The Morgan fingerprint density at radius 2 is 2.08 bits per heavy atom. The number of rotatable bonds is 5. The number of hydrogen-bond donors (Lipinski definition) is 2. The van der Waals surface area contributed by atoms with E-state index in [4.69, 9.17) is 4.98 Å². The molecule has 0 spiro atoms. The van der Waals surface area contributed by atoms with Crippen molar-refractivity contribution < 1.29 is 0 Å². The molecular weight excluding hydrogens is 324 g/mol. The van der Waals surface area contributed by atoms with E-state index in [1.165, 1.54) is 37.1 Å². The molecule has 0 radical (unpaired) electrons. The van der Waals surface area contributed by atoms with Gasteiger partial charge in [-0.05, 0) is 63.0 Å². The standard InChI is InChI=1S/C20H28N6/c1-14-10-16(15-4-7-26(8-5-15)9-6-21-2)11-17-19(14)24-20(23-17)18-12-22-13-25(18)3/h10-13,15,21H,4-9H2,1-3H3,(H,23,24). The van der Waals surface area contributed by atoms with Gasteiger partial charge in [-0.1, -0.05) is 6.07 Å². The molecule has 0 aliphatic carbocycles. The highest BCUT2D eigenvalue weighted by Crippen LogP contribution is 2.32. The maximum atomic E-state index is 4.82. The van der Waals surface area contributed by atoms with Crippen LogP contribution in [0, 0.1) is 6.92 Å². The summed E-state index contributed by atoms with van der Waals surface area (Å²) in [7, 11) is 4.02. The Kier molecular flexibility index (Phi) is 4.78. The predicted molar refractivity (Wildman–Crippen MR) is 105 cm³/mol. The Labute approximate surface area is 154 Å². The number of piperidine rings is 1. The Morgan fingerprint density at radius 3 is 2.77 bits per heavy atom. The van der Waals surface area contributed by atoms with Crippen molar-refractivity contribution in [3.63, 3.8) is 0 Å². The summed E-state index contributed by atoms with van der Waals surface area (Å²) < 4.78 is 1.99. The third-order valence-electron chi connectivity index (χ3n) is 5.60. The molecule has 6 nitrogen and oxygen atoms in total. The van der Waals surface area contributed by atoms with E-state index in [9.17, 15) is 0 Å². The van der Waals surface area contributed by atoms with Gasteiger partial charge in [-0.2, -0.15) is 0 Å². The van der Waals surface area contributed by atoms with Gasteiger partial charge >= 0.3 is 0 Å². The zero-order valence-electron chi connectivity index (χ0n) is 15.9. The summed E-state index contributed by atoms with van der Waals surface area (Å²) >= 11 is 0. The van der Waals surface area contributed by atoms with E-state index in [0.29, 0.717) is 5.92 Å². The summed E-state index contributed by atoms with van der Waals surface area (Å²) in [5, 5.41) is 3.24.